The van der Waals surface area contributed by atoms with E-state index in [-0.39, 0.29) is 23.1 Å². The summed E-state index contributed by atoms with van der Waals surface area (Å²) in [4.78, 5) is 29.8. The molecule has 1 aliphatic carbocycles. The SMILES string of the molecule is CCCCC(=O)N1c2ccccc2NC2=C(C(=O)CC(C)(C)C2)[C@@H]1c1cccs1. The third-order valence-corrected chi connectivity index (χ3v) is 6.65. The monoisotopic (exact) mass is 408 g/mol. The minimum absolute atomic E-state index is 0.0749. The highest BCUT2D eigenvalue weighted by Gasteiger charge is 2.43. The van der Waals surface area contributed by atoms with Crippen molar-refractivity contribution in [1.29, 1.82) is 0 Å². The molecule has 2 heterocycles. The van der Waals surface area contributed by atoms with Crippen LogP contribution < -0.4 is 10.2 Å². The fourth-order valence-corrected chi connectivity index (χ4v) is 5.25. The van der Waals surface area contributed by atoms with Gasteiger partial charge in [0.15, 0.2) is 5.78 Å². The van der Waals surface area contributed by atoms with E-state index in [4.69, 9.17) is 0 Å². The van der Waals surface area contributed by atoms with Crippen molar-refractivity contribution >= 4 is 34.4 Å². The summed E-state index contributed by atoms with van der Waals surface area (Å²) in [5, 5.41) is 5.57. The van der Waals surface area contributed by atoms with Gasteiger partial charge in [-0.2, -0.15) is 0 Å². The van der Waals surface area contributed by atoms with Crippen molar-refractivity contribution in [1.82, 2.24) is 0 Å². The van der Waals surface area contributed by atoms with Gasteiger partial charge in [-0.15, -0.1) is 11.3 Å². The first-order chi connectivity index (χ1) is 13.9. The quantitative estimate of drug-likeness (QED) is 0.667. The number of para-hydroxylation sites is 2. The zero-order chi connectivity index (χ0) is 20.6. The van der Waals surface area contributed by atoms with Crippen molar-refractivity contribution in [2.45, 2.75) is 58.9 Å². The van der Waals surface area contributed by atoms with Gasteiger partial charge in [0.2, 0.25) is 5.91 Å². The Morgan fingerprint density at radius 3 is 2.72 bits per heavy atom. The van der Waals surface area contributed by atoms with Gasteiger partial charge in [0, 0.05) is 29.0 Å². The normalized spacial score (nSPS) is 20.6. The summed E-state index contributed by atoms with van der Waals surface area (Å²) < 4.78 is 0. The third kappa shape index (κ3) is 3.76. The maximum Gasteiger partial charge on any atom is 0.227 e. The number of amides is 1. The lowest BCUT2D eigenvalue weighted by atomic mass is 9.74. The zero-order valence-electron chi connectivity index (χ0n) is 17.3. The van der Waals surface area contributed by atoms with Crippen molar-refractivity contribution in [3.63, 3.8) is 0 Å². The standard InChI is InChI=1S/C24H28N2O2S/c1-4-5-12-21(28)26-18-10-7-6-9-16(18)25-17-14-24(2,3)15-19(27)22(17)23(26)20-11-8-13-29-20/h6-11,13,23,25H,4-5,12,14-15H2,1-3H3/t23-/m0/s1. The molecule has 2 aliphatic rings. The van der Waals surface area contributed by atoms with Crippen LogP contribution in [-0.2, 0) is 9.59 Å². The molecule has 1 aromatic heterocycles. The predicted octanol–water partition coefficient (Wildman–Crippen LogP) is 6.08. The highest BCUT2D eigenvalue weighted by Crippen LogP contribution is 2.49. The van der Waals surface area contributed by atoms with Gasteiger partial charge < -0.3 is 5.32 Å². The van der Waals surface area contributed by atoms with Gasteiger partial charge in [-0.1, -0.05) is 45.4 Å². The number of unbranched alkanes of at least 4 members (excludes halogenated alkanes) is 1. The number of nitrogens with one attached hydrogen (secondary N) is 1. The van der Waals surface area contributed by atoms with Crippen LogP contribution in [0.2, 0.25) is 0 Å². The molecule has 4 rings (SSSR count). The molecule has 0 spiro atoms. The molecule has 0 radical (unpaired) electrons. The summed E-state index contributed by atoms with van der Waals surface area (Å²) in [7, 11) is 0. The molecule has 1 atom stereocenters. The topological polar surface area (TPSA) is 49.4 Å². The minimum atomic E-state index is -0.367. The number of hydrogen-bond acceptors (Lipinski definition) is 4. The minimum Gasteiger partial charge on any atom is -0.357 e. The van der Waals surface area contributed by atoms with Crippen LogP contribution in [0.25, 0.3) is 0 Å². The maximum absolute atomic E-state index is 13.5. The second-order valence-corrected chi connectivity index (χ2v) is 9.74. The number of benzene rings is 1. The van der Waals surface area contributed by atoms with Crippen molar-refractivity contribution in [2.75, 3.05) is 10.2 Å². The highest BCUT2D eigenvalue weighted by atomic mass is 32.1. The van der Waals surface area contributed by atoms with Gasteiger partial charge in [-0.05, 0) is 41.8 Å². The van der Waals surface area contributed by atoms with Crippen LogP contribution in [0.5, 0.6) is 0 Å². The number of ketones is 1. The molecule has 0 saturated heterocycles. The molecule has 29 heavy (non-hydrogen) atoms. The first-order valence-electron chi connectivity index (χ1n) is 10.4. The molecule has 0 saturated carbocycles. The Balaban J connectivity index is 1.94. The van der Waals surface area contributed by atoms with Gasteiger partial charge in [0.25, 0.3) is 0 Å². The number of carbonyl (C=O) groups is 2. The summed E-state index contributed by atoms with van der Waals surface area (Å²) in [5.41, 5.74) is 3.37. The molecule has 0 fully saturated rings. The van der Waals surface area contributed by atoms with Crippen LogP contribution in [0.3, 0.4) is 0 Å². The third-order valence-electron chi connectivity index (χ3n) is 5.73. The maximum atomic E-state index is 13.5. The summed E-state index contributed by atoms with van der Waals surface area (Å²) in [5.74, 6) is 0.217. The fraction of sp³-hybridized carbons (Fsp3) is 0.417. The van der Waals surface area contributed by atoms with Crippen LogP contribution in [0.4, 0.5) is 11.4 Å². The average Bonchev–Trinajstić information content (AvgIpc) is 3.15. The van der Waals surface area contributed by atoms with E-state index in [1.54, 1.807) is 11.3 Å². The molecule has 1 aliphatic heterocycles. The number of nitrogens with zero attached hydrogens (tertiary/aromatic N) is 1. The van der Waals surface area contributed by atoms with E-state index in [2.05, 4.69) is 26.1 Å². The Morgan fingerprint density at radius 2 is 2.00 bits per heavy atom. The number of fused-ring (bicyclic) bond motifs is 1. The molecule has 4 nitrogen and oxygen atoms in total. The average molecular weight is 409 g/mol. The van der Waals surface area contributed by atoms with Gasteiger partial charge >= 0.3 is 0 Å². The number of allylic oxidation sites excluding steroid dienone is 1. The van der Waals surface area contributed by atoms with Gasteiger partial charge in [-0.25, -0.2) is 0 Å². The van der Waals surface area contributed by atoms with Crippen LogP contribution in [0.15, 0.2) is 53.0 Å². The Hall–Kier alpha value is -2.40. The summed E-state index contributed by atoms with van der Waals surface area (Å²) >= 11 is 1.61. The number of rotatable bonds is 4. The lowest BCUT2D eigenvalue weighted by Crippen LogP contribution is -2.39. The molecular formula is C24H28N2O2S. The van der Waals surface area contributed by atoms with Gasteiger partial charge in [0.1, 0.15) is 6.04 Å². The van der Waals surface area contributed by atoms with Crippen LogP contribution in [0.1, 0.15) is 63.8 Å². The molecule has 1 aromatic carbocycles. The largest absolute Gasteiger partial charge is 0.357 e. The first kappa shape index (κ1) is 19.9. The van der Waals surface area contributed by atoms with E-state index in [1.165, 1.54) is 0 Å². The second-order valence-electron chi connectivity index (χ2n) is 8.76. The molecule has 0 bridgehead atoms. The first-order valence-corrected chi connectivity index (χ1v) is 11.3. The van der Waals surface area contributed by atoms with E-state index in [1.807, 2.05) is 46.7 Å². The molecule has 2 aromatic rings. The lowest BCUT2D eigenvalue weighted by molar-refractivity contribution is -0.119. The number of hydrogen-bond donors (Lipinski definition) is 1. The fourth-order valence-electron chi connectivity index (χ4n) is 4.43. The van der Waals surface area contributed by atoms with Crippen LogP contribution >= 0.6 is 11.3 Å². The molecule has 0 unspecified atom stereocenters. The molecule has 1 N–H and O–H groups in total. The van der Waals surface area contributed by atoms with E-state index in [9.17, 15) is 9.59 Å². The van der Waals surface area contributed by atoms with Crippen molar-refractivity contribution in [3.8, 4) is 0 Å². The number of thiophene rings is 1. The molecular weight excluding hydrogens is 380 g/mol. The van der Waals surface area contributed by atoms with Crippen molar-refractivity contribution in [2.24, 2.45) is 5.41 Å². The predicted molar refractivity (Wildman–Crippen MR) is 119 cm³/mol. The summed E-state index contributed by atoms with van der Waals surface area (Å²) in [6.07, 6.45) is 3.58. The van der Waals surface area contributed by atoms with Gasteiger partial charge in [0.05, 0.1) is 11.4 Å². The molecule has 5 heteroatoms. The highest BCUT2D eigenvalue weighted by molar-refractivity contribution is 7.10. The van der Waals surface area contributed by atoms with Crippen LogP contribution in [0, 0.1) is 5.41 Å². The van der Waals surface area contributed by atoms with Crippen molar-refractivity contribution in [3.05, 3.63) is 57.9 Å². The second kappa shape index (κ2) is 7.79. The molecule has 152 valence electrons. The Morgan fingerprint density at radius 1 is 1.21 bits per heavy atom. The van der Waals surface area contributed by atoms with E-state index in [0.29, 0.717) is 12.8 Å². The smallest absolute Gasteiger partial charge is 0.227 e. The summed E-state index contributed by atoms with van der Waals surface area (Å²) in [6, 6.07) is 11.6. The number of carbonyl (C=O) groups excluding carboxylic acids is 2. The Kier molecular flexibility index (Phi) is 5.34. The van der Waals surface area contributed by atoms with E-state index in [0.717, 1.165) is 46.8 Å². The van der Waals surface area contributed by atoms with Crippen molar-refractivity contribution < 1.29 is 9.59 Å². The summed E-state index contributed by atoms with van der Waals surface area (Å²) in [6.45, 7) is 6.37. The Labute approximate surface area is 176 Å². The molecule has 1 amide bonds. The van der Waals surface area contributed by atoms with Crippen LogP contribution in [-0.4, -0.2) is 11.7 Å². The Bertz CT molecular complexity index is 959. The number of Topliss-reactive ketones (excluding diaryl/α,β-unsaturated/α-hetero) is 1. The van der Waals surface area contributed by atoms with E-state index < -0.39 is 0 Å². The van der Waals surface area contributed by atoms with Gasteiger partial charge in [-0.3, -0.25) is 14.5 Å². The number of anilines is 2. The lowest BCUT2D eigenvalue weighted by Gasteiger charge is -2.36. The zero-order valence-corrected chi connectivity index (χ0v) is 18.1. The van der Waals surface area contributed by atoms with E-state index >= 15 is 0 Å².